The number of carbonyl (C=O) groups excluding carboxylic acids is 1. The first-order valence-electron chi connectivity index (χ1n) is 6.77. The fourth-order valence-electron chi connectivity index (χ4n) is 1.69. The van der Waals surface area contributed by atoms with E-state index in [2.05, 4.69) is 36.6 Å². The van der Waals surface area contributed by atoms with Crippen LogP contribution in [0.3, 0.4) is 0 Å². The molecule has 18 heavy (non-hydrogen) atoms. The van der Waals surface area contributed by atoms with Gasteiger partial charge in [0.25, 0.3) is 0 Å². The van der Waals surface area contributed by atoms with Gasteiger partial charge in [-0.25, -0.2) is 0 Å². The smallest absolute Gasteiger partial charge is 0.239 e. The first kappa shape index (κ1) is 14.6. The Hall–Kier alpha value is -1.51. The maximum Gasteiger partial charge on any atom is 0.239 e. The van der Waals surface area contributed by atoms with Gasteiger partial charge in [-0.15, -0.1) is 0 Å². The van der Waals surface area contributed by atoms with Crippen molar-refractivity contribution in [1.82, 2.24) is 5.32 Å². The van der Waals surface area contributed by atoms with Gasteiger partial charge in [0.05, 0.1) is 6.54 Å². The summed E-state index contributed by atoms with van der Waals surface area (Å²) in [7, 11) is 0. The van der Waals surface area contributed by atoms with Gasteiger partial charge in [-0.05, 0) is 37.5 Å². The lowest BCUT2D eigenvalue weighted by atomic mass is 10.1. The van der Waals surface area contributed by atoms with Gasteiger partial charge in [0.1, 0.15) is 0 Å². The van der Waals surface area contributed by atoms with Crippen LogP contribution in [0.15, 0.2) is 24.3 Å². The zero-order chi connectivity index (χ0) is 13.4. The highest BCUT2D eigenvalue weighted by Gasteiger charge is 2.04. The SMILES string of the molecule is CCCc1ccc(NCC(=O)NC(C)CC)cc1. The fraction of sp³-hybridized carbons (Fsp3) is 0.533. The van der Waals surface area contributed by atoms with Crippen LogP contribution < -0.4 is 10.6 Å². The van der Waals surface area contributed by atoms with Gasteiger partial charge < -0.3 is 10.6 Å². The molecular weight excluding hydrogens is 224 g/mol. The van der Waals surface area contributed by atoms with E-state index in [-0.39, 0.29) is 11.9 Å². The molecule has 1 aromatic rings. The van der Waals surface area contributed by atoms with Crippen LogP contribution in [0, 0.1) is 0 Å². The second-order valence-corrected chi connectivity index (χ2v) is 4.68. The molecule has 0 aromatic heterocycles. The van der Waals surface area contributed by atoms with Crippen molar-refractivity contribution >= 4 is 11.6 Å². The average Bonchev–Trinajstić information content (AvgIpc) is 2.38. The maximum absolute atomic E-state index is 11.6. The molecule has 0 aliphatic rings. The Morgan fingerprint density at radius 2 is 1.89 bits per heavy atom. The van der Waals surface area contributed by atoms with Crippen molar-refractivity contribution in [3.63, 3.8) is 0 Å². The van der Waals surface area contributed by atoms with Crippen molar-refractivity contribution in [3.8, 4) is 0 Å². The Kier molecular flexibility index (Phi) is 6.26. The van der Waals surface area contributed by atoms with Crippen LogP contribution in [0.5, 0.6) is 0 Å². The third-order valence-electron chi connectivity index (χ3n) is 2.97. The summed E-state index contributed by atoms with van der Waals surface area (Å²) in [5.74, 6) is 0.0435. The van der Waals surface area contributed by atoms with E-state index in [1.807, 2.05) is 19.1 Å². The minimum Gasteiger partial charge on any atom is -0.376 e. The molecule has 0 saturated heterocycles. The van der Waals surface area contributed by atoms with E-state index in [1.54, 1.807) is 0 Å². The summed E-state index contributed by atoms with van der Waals surface area (Å²) in [6, 6.07) is 8.52. The van der Waals surface area contributed by atoms with Crippen molar-refractivity contribution in [2.45, 2.75) is 46.1 Å². The quantitative estimate of drug-likeness (QED) is 0.779. The summed E-state index contributed by atoms with van der Waals surface area (Å²) in [5.41, 5.74) is 2.33. The van der Waals surface area contributed by atoms with Crippen LogP contribution in [0.2, 0.25) is 0 Å². The summed E-state index contributed by atoms with van der Waals surface area (Å²) in [4.78, 5) is 11.6. The number of hydrogen-bond donors (Lipinski definition) is 2. The molecule has 3 heteroatoms. The summed E-state index contributed by atoms with van der Waals surface area (Å²) in [6.45, 7) is 6.57. The summed E-state index contributed by atoms with van der Waals surface area (Å²) < 4.78 is 0. The topological polar surface area (TPSA) is 41.1 Å². The Morgan fingerprint density at radius 3 is 2.44 bits per heavy atom. The first-order chi connectivity index (χ1) is 8.65. The van der Waals surface area contributed by atoms with Crippen molar-refractivity contribution < 1.29 is 4.79 Å². The molecule has 1 amide bonds. The second-order valence-electron chi connectivity index (χ2n) is 4.68. The Morgan fingerprint density at radius 1 is 1.22 bits per heavy atom. The van der Waals surface area contributed by atoms with E-state index in [9.17, 15) is 4.79 Å². The molecule has 2 N–H and O–H groups in total. The average molecular weight is 248 g/mol. The standard InChI is InChI=1S/C15H24N2O/c1-4-6-13-7-9-14(10-8-13)16-11-15(18)17-12(3)5-2/h7-10,12,16H,4-6,11H2,1-3H3,(H,17,18). The number of carbonyl (C=O) groups is 1. The lowest BCUT2D eigenvalue weighted by Crippen LogP contribution is -2.36. The molecule has 0 saturated carbocycles. The number of nitrogens with one attached hydrogen (secondary N) is 2. The number of anilines is 1. The highest BCUT2D eigenvalue weighted by atomic mass is 16.1. The maximum atomic E-state index is 11.6. The van der Waals surface area contributed by atoms with E-state index in [0.29, 0.717) is 6.54 Å². The van der Waals surface area contributed by atoms with Gasteiger partial charge in [-0.1, -0.05) is 32.4 Å². The molecule has 100 valence electrons. The minimum absolute atomic E-state index is 0.0435. The fourth-order valence-corrected chi connectivity index (χ4v) is 1.69. The third kappa shape index (κ3) is 5.21. The molecule has 0 radical (unpaired) electrons. The van der Waals surface area contributed by atoms with Gasteiger partial charge >= 0.3 is 0 Å². The molecule has 0 heterocycles. The molecular formula is C15H24N2O. The molecule has 0 aliphatic carbocycles. The largest absolute Gasteiger partial charge is 0.376 e. The minimum atomic E-state index is 0.0435. The first-order valence-corrected chi connectivity index (χ1v) is 6.77. The lowest BCUT2D eigenvalue weighted by molar-refractivity contribution is -0.120. The van der Waals surface area contributed by atoms with Gasteiger partial charge in [-0.2, -0.15) is 0 Å². The van der Waals surface area contributed by atoms with E-state index < -0.39 is 0 Å². The van der Waals surface area contributed by atoms with Gasteiger partial charge in [0.2, 0.25) is 5.91 Å². The number of benzene rings is 1. The number of rotatable bonds is 7. The second kappa shape index (κ2) is 7.75. The van der Waals surface area contributed by atoms with Crippen LogP contribution in [0.1, 0.15) is 39.2 Å². The Labute approximate surface area is 110 Å². The summed E-state index contributed by atoms with van der Waals surface area (Å²) >= 11 is 0. The molecule has 1 aromatic carbocycles. The highest BCUT2D eigenvalue weighted by Crippen LogP contribution is 2.10. The zero-order valence-electron chi connectivity index (χ0n) is 11.6. The van der Waals surface area contributed by atoms with Gasteiger partial charge in [0, 0.05) is 11.7 Å². The predicted molar refractivity (Wildman–Crippen MR) is 76.8 cm³/mol. The zero-order valence-corrected chi connectivity index (χ0v) is 11.6. The Bertz CT molecular complexity index is 359. The van der Waals surface area contributed by atoms with Crippen molar-refractivity contribution in [2.24, 2.45) is 0 Å². The van der Waals surface area contributed by atoms with Crippen molar-refractivity contribution in [3.05, 3.63) is 29.8 Å². The van der Waals surface area contributed by atoms with E-state index in [4.69, 9.17) is 0 Å². The molecule has 0 fully saturated rings. The molecule has 0 aliphatic heterocycles. The molecule has 3 nitrogen and oxygen atoms in total. The summed E-state index contributed by atoms with van der Waals surface area (Å²) in [6.07, 6.45) is 3.22. The molecule has 1 rings (SSSR count). The van der Waals surface area contributed by atoms with Gasteiger partial charge in [-0.3, -0.25) is 4.79 Å². The van der Waals surface area contributed by atoms with Crippen molar-refractivity contribution in [1.29, 1.82) is 0 Å². The van der Waals surface area contributed by atoms with Crippen LogP contribution in [-0.4, -0.2) is 18.5 Å². The van der Waals surface area contributed by atoms with Crippen LogP contribution in [-0.2, 0) is 11.2 Å². The highest BCUT2D eigenvalue weighted by molar-refractivity contribution is 5.80. The number of amides is 1. The lowest BCUT2D eigenvalue weighted by Gasteiger charge is -2.12. The van der Waals surface area contributed by atoms with Crippen LogP contribution >= 0.6 is 0 Å². The predicted octanol–water partition coefficient (Wildman–Crippen LogP) is 2.97. The molecule has 1 atom stereocenters. The van der Waals surface area contributed by atoms with Crippen LogP contribution in [0.25, 0.3) is 0 Å². The number of hydrogen-bond acceptors (Lipinski definition) is 2. The normalized spacial score (nSPS) is 11.9. The number of aryl methyl sites for hydroxylation is 1. The Balaban J connectivity index is 2.36. The van der Waals surface area contributed by atoms with Crippen molar-refractivity contribution in [2.75, 3.05) is 11.9 Å². The summed E-state index contributed by atoms with van der Waals surface area (Å²) in [5, 5.41) is 6.06. The molecule has 1 unspecified atom stereocenters. The molecule has 0 bridgehead atoms. The van der Waals surface area contributed by atoms with Crippen LogP contribution in [0.4, 0.5) is 5.69 Å². The van der Waals surface area contributed by atoms with E-state index in [1.165, 1.54) is 5.56 Å². The monoisotopic (exact) mass is 248 g/mol. The van der Waals surface area contributed by atoms with Gasteiger partial charge in [0.15, 0.2) is 0 Å². The molecule has 0 spiro atoms. The third-order valence-corrected chi connectivity index (χ3v) is 2.97. The van der Waals surface area contributed by atoms with E-state index in [0.717, 1.165) is 24.9 Å². The van der Waals surface area contributed by atoms with E-state index >= 15 is 0 Å².